The van der Waals surface area contributed by atoms with Gasteiger partial charge >= 0.3 is 0 Å². The molecule has 2 aromatic carbocycles. The number of benzene rings is 2. The molecular formula is C19H19N5O6S. The van der Waals surface area contributed by atoms with E-state index in [0.717, 1.165) is 24.6 Å². The average Bonchev–Trinajstić information content (AvgIpc) is 2.73. The van der Waals surface area contributed by atoms with Gasteiger partial charge in [-0.05, 0) is 37.7 Å². The summed E-state index contributed by atoms with van der Waals surface area (Å²) in [6, 6.07) is 9.00. The average molecular weight is 445 g/mol. The maximum Gasteiger partial charge on any atom is 0.277 e. The van der Waals surface area contributed by atoms with Crippen molar-refractivity contribution < 1.29 is 19.4 Å². The summed E-state index contributed by atoms with van der Waals surface area (Å²) in [5, 5.41) is 29.6. The maximum atomic E-state index is 12.5. The smallest absolute Gasteiger partial charge is 0.277 e. The number of nitro benzene ring substituents is 2. The van der Waals surface area contributed by atoms with Gasteiger partial charge in [0.1, 0.15) is 0 Å². The van der Waals surface area contributed by atoms with E-state index in [1.165, 1.54) is 0 Å². The van der Waals surface area contributed by atoms with Crippen LogP contribution < -0.4 is 16.0 Å². The van der Waals surface area contributed by atoms with Crippen molar-refractivity contribution >= 4 is 46.2 Å². The van der Waals surface area contributed by atoms with Gasteiger partial charge in [-0.25, -0.2) is 0 Å². The normalized spacial score (nSPS) is 11.2. The summed E-state index contributed by atoms with van der Waals surface area (Å²) in [5.41, 5.74) is -0.896. The van der Waals surface area contributed by atoms with Crippen molar-refractivity contribution in [3.05, 3.63) is 73.8 Å². The van der Waals surface area contributed by atoms with E-state index in [-0.39, 0.29) is 22.6 Å². The number of carbonyl (C=O) groups excluding carboxylic acids is 2. The number of hydrogen-bond acceptors (Lipinski definition) is 7. The monoisotopic (exact) mass is 445 g/mol. The van der Waals surface area contributed by atoms with Gasteiger partial charge in [0.2, 0.25) is 0 Å². The molecule has 31 heavy (non-hydrogen) atoms. The topological polar surface area (TPSA) is 157 Å². The number of carbonyl (C=O) groups is 2. The van der Waals surface area contributed by atoms with Gasteiger partial charge < -0.3 is 10.6 Å². The molecule has 0 radical (unpaired) electrons. The third kappa shape index (κ3) is 6.27. The van der Waals surface area contributed by atoms with E-state index >= 15 is 0 Å². The van der Waals surface area contributed by atoms with Gasteiger partial charge in [-0.1, -0.05) is 19.1 Å². The minimum absolute atomic E-state index is 0.0446. The van der Waals surface area contributed by atoms with Crippen LogP contribution in [0, 0.1) is 20.2 Å². The van der Waals surface area contributed by atoms with Crippen molar-refractivity contribution in [1.29, 1.82) is 0 Å². The van der Waals surface area contributed by atoms with Crippen LogP contribution in [0.1, 0.15) is 41.0 Å². The van der Waals surface area contributed by atoms with Crippen molar-refractivity contribution in [3.8, 4) is 0 Å². The molecule has 162 valence electrons. The zero-order valence-corrected chi connectivity index (χ0v) is 17.4. The van der Waals surface area contributed by atoms with Gasteiger partial charge in [0.05, 0.1) is 32.7 Å². The van der Waals surface area contributed by atoms with Crippen LogP contribution in [0.4, 0.5) is 17.1 Å². The first-order valence-corrected chi connectivity index (χ1v) is 9.49. The van der Waals surface area contributed by atoms with E-state index in [2.05, 4.69) is 16.0 Å². The molecule has 12 heteroatoms. The first kappa shape index (κ1) is 23.3. The number of anilines is 1. The third-order valence-corrected chi connectivity index (χ3v) is 4.43. The largest absolute Gasteiger partial charge is 0.350 e. The molecule has 11 nitrogen and oxygen atoms in total. The SMILES string of the molecule is CCC(C)NC(=O)c1ccccc1NC(=S)NC(=O)c1cc([N+](=O)[O-])cc([N+](=O)[O-])c1. The lowest BCUT2D eigenvalue weighted by molar-refractivity contribution is -0.394. The predicted molar refractivity (Wildman–Crippen MR) is 117 cm³/mol. The number of nitro groups is 2. The lowest BCUT2D eigenvalue weighted by atomic mass is 10.1. The zero-order valence-electron chi connectivity index (χ0n) is 16.6. The summed E-state index contributed by atoms with van der Waals surface area (Å²) in [6.07, 6.45) is 0.741. The molecule has 0 aliphatic carbocycles. The Balaban J connectivity index is 2.19. The second-order valence-electron chi connectivity index (χ2n) is 6.49. The molecule has 0 aliphatic rings. The molecule has 0 bridgehead atoms. The lowest BCUT2D eigenvalue weighted by Crippen LogP contribution is -2.36. The minimum atomic E-state index is -0.883. The fourth-order valence-electron chi connectivity index (χ4n) is 2.46. The summed E-state index contributed by atoms with van der Waals surface area (Å²) in [6.45, 7) is 3.79. The van der Waals surface area contributed by atoms with Gasteiger partial charge in [0, 0.05) is 18.2 Å². The van der Waals surface area contributed by atoms with Gasteiger partial charge in [0.25, 0.3) is 23.2 Å². The van der Waals surface area contributed by atoms with Crippen molar-refractivity contribution in [3.63, 3.8) is 0 Å². The number of para-hydroxylation sites is 1. The molecule has 2 rings (SSSR count). The molecule has 0 saturated carbocycles. The molecule has 2 aromatic rings. The highest BCUT2D eigenvalue weighted by atomic mass is 32.1. The van der Waals surface area contributed by atoms with E-state index in [1.807, 2.05) is 13.8 Å². The van der Waals surface area contributed by atoms with E-state index in [1.54, 1.807) is 24.3 Å². The highest BCUT2D eigenvalue weighted by molar-refractivity contribution is 7.80. The van der Waals surface area contributed by atoms with Crippen molar-refractivity contribution in [2.45, 2.75) is 26.3 Å². The first-order chi connectivity index (χ1) is 14.6. The van der Waals surface area contributed by atoms with Gasteiger partial charge in [-0.3, -0.25) is 35.1 Å². The van der Waals surface area contributed by atoms with Crippen LogP contribution in [0.25, 0.3) is 0 Å². The molecular weight excluding hydrogens is 426 g/mol. The first-order valence-electron chi connectivity index (χ1n) is 9.08. The Bertz CT molecular complexity index is 1030. The second-order valence-corrected chi connectivity index (χ2v) is 6.90. The van der Waals surface area contributed by atoms with E-state index in [0.29, 0.717) is 11.3 Å². The van der Waals surface area contributed by atoms with Crippen molar-refractivity contribution in [2.24, 2.45) is 0 Å². The summed E-state index contributed by atoms with van der Waals surface area (Å²) in [5.74, 6) is -1.22. The van der Waals surface area contributed by atoms with Gasteiger partial charge in [-0.15, -0.1) is 0 Å². The molecule has 0 aliphatic heterocycles. The van der Waals surface area contributed by atoms with E-state index in [4.69, 9.17) is 12.2 Å². The zero-order chi connectivity index (χ0) is 23.1. The number of nitrogens with zero attached hydrogens (tertiary/aromatic N) is 2. The Labute approximate surface area is 182 Å². The Morgan fingerprint density at radius 3 is 2.16 bits per heavy atom. The number of thiocarbonyl (C=S) groups is 1. The fourth-order valence-corrected chi connectivity index (χ4v) is 2.66. The van der Waals surface area contributed by atoms with Crippen LogP contribution in [0.5, 0.6) is 0 Å². The second kappa shape index (κ2) is 10.2. The quantitative estimate of drug-likeness (QED) is 0.333. The Morgan fingerprint density at radius 2 is 1.61 bits per heavy atom. The van der Waals surface area contributed by atoms with Crippen molar-refractivity contribution in [2.75, 3.05) is 5.32 Å². The molecule has 1 atom stereocenters. The molecule has 0 fully saturated rings. The summed E-state index contributed by atoms with van der Waals surface area (Å²) in [7, 11) is 0. The summed E-state index contributed by atoms with van der Waals surface area (Å²) in [4.78, 5) is 45.2. The molecule has 0 saturated heterocycles. The fraction of sp³-hybridized carbons (Fsp3) is 0.211. The molecule has 1 unspecified atom stereocenters. The lowest BCUT2D eigenvalue weighted by Gasteiger charge is -2.15. The number of rotatable bonds is 7. The minimum Gasteiger partial charge on any atom is -0.350 e. The Kier molecular flexibility index (Phi) is 7.69. The number of hydrogen-bond donors (Lipinski definition) is 3. The highest BCUT2D eigenvalue weighted by Crippen LogP contribution is 2.23. The standard InChI is InChI=1S/C19H19N5O6S/c1-3-11(2)20-18(26)15-6-4-5-7-16(15)21-19(31)22-17(25)12-8-13(23(27)28)10-14(9-12)24(29)30/h4-11H,3H2,1-2H3,(H,20,26)(H2,21,22,25,31). The van der Waals surface area contributed by atoms with Crippen LogP contribution in [-0.2, 0) is 0 Å². The van der Waals surface area contributed by atoms with Crippen LogP contribution >= 0.6 is 12.2 Å². The van der Waals surface area contributed by atoms with Crippen LogP contribution in [0.15, 0.2) is 42.5 Å². The summed E-state index contributed by atoms with van der Waals surface area (Å²) < 4.78 is 0. The van der Waals surface area contributed by atoms with Gasteiger partial charge in [0.15, 0.2) is 5.11 Å². The number of non-ortho nitro benzene ring substituents is 2. The van der Waals surface area contributed by atoms with E-state index < -0.39 is 27.1 Å². The van der Waals surface area contributed by atoms with Crippen molar-refractivity contribution in [1.82, 2.24) is 10.6 Å². The molecule has 2 amide bonds. The Morgan fingerprint density at radius 1 is 1.03 bits per heavy atom. The van der Waals surface area contributed by atoms with E-state index in [9.17, 15) is 29.8 Å². The maximum absolute atomic E-state index is 12.5. The molecule has 0 heterocycles. The summed E-state index contributed by atoms with van der Waals surface area (Å²) >= 11 is 5.10. The van der Waals surface area contributed by atoms with Crippen LogP contribution in [-0.4, -0.2) is 32.8 Å². The molecule has 0 spiro atoms. The molecule has 0 aromatic heterocycles. The van der Waals surface area contributed by atoms with Crippen LogP contribution in [0.2, 0.25) is 0 Å². The number of amides is 2. The highest BCUT2D eigenvalue weighted by Gasteiger charge is 2.21. The number of nitrogens with one attached hydrogen (secondary N) is 3. The Hall–Kier alpha value is -3.93. The van der Waals surface area contributed by atoms with Crippen LogP contribution in [0.3, 0.4) is 0 Å². The predicted octanol–water partition coefficient (Wildman–Crippen LogP) is 3.16. The molecule has 3 N–H and O–H groups in total. The third-order valence-electron chi connectivity index (χ3n) is 4.22. The van der Waals surface area contributed by atoms with Gasteiger partial charge in [-0.2, -0.15) is 0 Å².